The highest BCUT2D eigenvalue weighted by atomic mass is 35.5. The number of carbonyl (C=O) groups excluding carboxylic acids is 4. The van der Waals surface area contributed by atoms with E-state index in [0.717, 1.165) is 7.11 Å². The molecule has 1 aliphatic heterocycles. The van der Waals surface area contributed by atoms with Gasteiger partial charge in [0, 0.05) is 36.5 Å². The lowest BCUT2D eigenvalue weighted by Crippen LogP contribution is -2.61. The third-order valence-electron chi connectivity index (χ3n) is 7.53. The molecule has 41 heavy (non-hydrogen) atoms. The summed E-state index contributed by atoms with van der Waals surface area (Å²) in [6.07, 6.45) is -5.65. The van der Waals surface area contributed by atoms with E-state index in [1.165, 1.54) is 4.57 Å². The van der Waals surface area contributed by atoms with Gasteiger partial charge in [-0.2, -0.15) is 13.2 Å². The molecule has 0 atom stereocenters. The molecule has 2 aromatic rings. The number of Topliss-reactive ketones (excluding diaryl/α,β-unsaturated/α-hetero) is 1. The van der Waals surface area contributed by atoms with Gasteiger partial charge in [-0.15, -0.1) is 0 Å². The number of anilines is 1. The Balaban J connectivity index is 1.58. The van der Waals surface area contributed by atoms with E-state index in [0.29, 0.717) is 18.6 Å². The van der Waals surface area contributed by atoms with Crippen molar-refractivity contribution in [1.29, 1.82) is 0 Å². The summed E-state index contributed by atoms with van der Waals surface area (Å²) >= 11 is 6.33. The molecule has 2 aliphatic rings. The number of methoxy groups -OCH3 is 1. The number of ether oxygens (including phenoxy) is 1. The molecule has 15 heteroatoms. The summed E-state index contributed by atoms with van der Waals surface area (Å²) in [6.45, 7) is 0.121. The van der Waals surface area contributed by atoms with Crippen LogP contribution in [0.2, 0.25) is 5.02 Å². The quantitative estimate of drug-likeness (QED) is 0.150. The van der Waals surface area contributed by atoms with Crippen LogP contribution in [0.3, 0.4) is 0 Å². The van der Waals surface area contributed by atoms with Crippen LogP contribution in [0.15, 0.2) is 12.1 Å². The van der Waals surface area contributed by atoms with Crippen molar-refractivity contribution in [1.82, 2.24) is 9.88 Å². The van der Waals surface area contributed by atoms with Crippen LogP contribution >= 0.6 is 11.6 Å². The van der Waals surface area contributed by atoms with Gasteiger partial charge in [-0.05, 0) is 44.4 Å². The molecule has 1 fully saturated rings. The Morgan fingerprint density at radius 3 is 2.27 bits per heavy atom. The molecule has 0 unspecified atom stereocenters. The molecule has 1 saturated carbocycles. The minimum Gasteiger partial charge on any atom is -0.469 e. The molecular formula is C26H24ClF6N3O5. The topological polar surface area (TPSA) is 106 Å². The number of amides is 2. The maximum atomic E-state index is 14.2. The number of hydrogen-bond acceptors (Lipinski definition) is 5. The van der Waals surface area contributed by atoms with E-state index in [-0.39, 0.29) is 43.5 Å². The molecular weight excluding hydrogens is 584 g/mol. The monoisotopic (exact) mass is 607 g/mol. The van der Waals surface area contributed by atoms with Crippen molar-refractivity contribution in [3.05, 3.63) is 51.6 Å². The summed E-state index contributed by atoms with van der Waals surface area (Å²) in [5.41, 5.74) is -3.80. The molecule has 1 aromatic carbocycles. The number of halogens is 7. The zero-order valence-electron chi connectivity index (χ0n) is 21.5. The SMILES string of the molecule is COC(=O)CC1CCC(NC(=O)C(=O)c2c(Cl)c(C(=O)Nc3cc(F)c(F)c(F)c3)c3n2CCC3)(C(F)(F)F)CC1. The number of esters is 1. The zero-order valence-corrected chi connectivity index (χ0v) is 22.3. The van der Waals surface area contributed by atoms with Crippen molar-refractivity contribution >= 4 is 40.9 Å². The number of benzene rings is 1. The van der Waals surface area contributed by atoms with Crippen LogP contribution in [-0.4, -0.2) is 47.0 Å². The average molecular weight is 608 g/mol. The number of nitrogens with one attached hydrogen (secondary N) is 2. The van der Waals surface area contributed by atoms with Crippen molar-refractivity contribution in [3.8, 4) is 0 Å². The number of aromatic nitrogens is 1. The third-order valence-corrected chi connectivity index (χ3v) is 7.90. The molecule has 8 nitrogen and oxygen atoms in total. The molecule has 0 saturated heterocycles. The highest BCUT2D eigenvalue weighted by Gasteiger charge is 2.57. The predicted octanol–water partition coefficient (Wildman–Crippen LogP) is 5.11. The number of nitrogens with zero attached hydrogens (tertiary/aromatic N) is 1. The van der Waals surface area contributed by atoms with E-state index in [9.17, 15) is 45.5 Å². The molecule has 1 aliphatic carbocycles. The van der Waals surface area contributed by atoms with Crippen LogP contribution in [0, 0.1) is 23.4 Å². The minimum atomic E-state index is -4.92. The fraction of sp³-hybridized carbons (Fsp3) is 0.462. The molecule has 222 valence electrons. The molecule has 2 heterocycles. The lowest BCUT2D eigenvalue weighted by atomic mass is 9.74. The van der Waals surface area contributed by atoms with Crippen molar-refractivity contribution in [2.45, 2.75) is 63.2 Å². The summed E-state index contributed by atoms with van der Waals surface area (Å²) in [4.78, 5) is 50.7. The highest BCUT2D eigenvalue weighted by Crippen LogP contribution is 2.44. The second kappa shape index (κ2) is 11.4. The van der Waals surface area contributed by atoms with E-state index < -0.39 is 87.9 Å². The van der Waals surface area contributed by atoms with E-state index in [4.69, 9.17) is 11.6 Å². The Labute approximate surface area is 234 Å². The summed E-state index contributed by atoms with van der Waals surface area (Å²) in [7, 11) is 1.16. The molecule has 4 rings (SSSR count). The van der Waals surface area contributed by atoms with Crippen molar-refractivity contribution in [2.24, 2.45) is 5.92 Å². The van der Waals surface area contributed by atoms with Crippen LogP contribution in [-0.2, 0) is 27.3 Å². The van der Waals surface area contributed by atoms with E-state index in [1.807, 2.05) is 5.32 Å². The first-order chi connectivity index (χ1) is 19.2. The van der Waals surface area contributed by atoms with Gasteiger partial charge in [0.15, 0.2) is 17.5 Å². The Hall–Kier alpha value is -3.55. The molecule has 1 aromatic heterocycles. The first-order valence-electron chi connectivity index (χ1n) is 12.6. The Morgan fingerprint density at radius 2 is 1.71 bits per heavy atom. The maximum absolute atomic E-state index is 14.2. The normalized spacial score (nSPS) is 20.3. The number of alkyl halides is 3. The van der Waals surface area contributed by atoms with E-state index in [2.05, 4.69) is 10.1 Å². The van der Waals surface area contributed by atoms with Gasteiger partial charge >= 0.3 is 12.1 Å². The standard InChI is InChI=1S/C26H24ClF6N3O5/c1-41-17(37)9-12-4-6-25(7-5-12,26(31,32)33)35-24(40)22(38)21-19(27)18(16-3-2-8-36(16)21)23(39)34-13-10-14(28)20(30)15(29)11-13/h10-12H,2-9H2,1H3,(H,34,39)(H,35,40). The minimum absolute atomic E-state index is 0.0563. The van der Waals surface area contributed by atoms with E-state index >= 15 is 0 Å². The smallest absolute Gasteiger partial charge is 0.411 e. The maximum Gasteiger partial charge on any atom is 0.411 e. The fourth-order valence-electron chi connectivity index (χ4n) is 5.37. The second-order valence-electron chi connectivity index (χ2n) is 10.0. The largest absolute Gasteiger partial charge is 0.469 e. The third kappa shape index (κ3) is 5.79. The molecule has 2 amide bonds. The molecule has 2 N–H and O–H groups in total. The number of ketones is 1. The van der Waals surface area contributed by atoms with Gasteiger partial charge in [-0.1, -0.05) is 11.6 Å². The predicted molar refractivity (Wildman–Crippen MR) is 132 cm³/mol. The van der Waals surface area contributed by atoms with Crippen LogP contribution in [0.5, 0.6) is 0 Å². The van der Waals surface area contributed by atoms with Gasteiger partial charge in [0.1, 0.15) is 11.2 Å². The Bertz CT molecular complexity index is 1390. The number of rotatable bonds is 7. The van der Waals surface area contributed by atoms with E-state index in [1.54, 1.807) is 0 Å². The molecule has 0 bridgehead atoms. The average Bonchev–Trinajstić information content (AvgIpc) is 3.46. The number of hydrogen-bond donors (Lipinski definition) is 2. The highest BCUT2D eigenvalue weighted by molar-refractivity contribution is 6.48. The van der Waals surface area contributed by atoms with Gasteiger partial charge in [0.2, 0.25) is 0 Å². The van der Waals surface area contributed by atoms with Gasteiger partial charge in [0.05, 0.1) is 17.7 Å². The van der Waals surface area contributed by atoms with Crippen molar-refractivity contribution < 1.29 is 50.3 Å². The molecule has 0 radical (unpaired) electrons. The Morgan fingerprint density at radius 1 is 1.10 bits per heavy atom. The van der Waals surface area contributed by atoms with Crippen molar-refractivity contribution in [3.63, 3.8) is 0 Å². The van der Waals surface area contributed by atoms with Crippen LogP contribution in [0.4, 0.5) is 32.0 Å². The fourth-order valence-corrected chi connectivity index (χ4v) is 5.76. The van der Waals surface area contributed by atoms with Crippen LogP contribution in [0.25, 0.3) is 0 Å². The lowest BCUT2D eigenvalue weighted by Gasteiger charge is -2.41. The second-order valence-corrected chi connectivity index (χ2v) is 10.4. The van der Waals surface area contributed by atoms with Crippen molar-refractivity contribution in [2.75, 3.05) is 12.4 Å². The van der Waals surface area contributed by atoms with Crippen LogP contribution < -0.4 is 10.6 Å². The summed E-state index contributed by atoms with van der Waals surface area (Å²) in [5, 5.41) is 3.48. The van der Waals surface area contributed by atoms with Crippen LogP contribution in [0.1, 0.15) is 65.1 Å². The lowest BCUT2D eigenvalue weighted by molar-refractivity contribution is -0.208. The van der Waals surface area contributed by atoms with Gasteiger partial charge < -0.3 is 19.9 Å². The zero-order chi connectivity index (χ0) is 30.3. The summed E-state index contributed by atoms with van der Waals surface area (Å²) in [5.74, 6) is -9.87. The summed E-state index contributed by atoms with van der Waals surface area (Å²) < 4.78 is 88.9. The Kier molecular flexibility index (Phi) is 8.44. The number of fused-ring (bicyclic) bond motifs is 1. The van der Waals surface area contributed by atoms with Gasteiger partial charge in [-0.3, -0.25) is 19.2 Å². The first-order valence-corrected chi connectivity index (χ1v) is 12.9. The first kappa shape index (κ1) is 30.4. The number of carbonyl (C=O) groups is 4. The van der Waals surface area contributed by atoms with Gasteiger partial charge in [0.25, 0.3) is 17.6 Å². The van der Waals surface area contributed by atoms with Gasteiger partial charge in [-0.25, -0.2) is 13.2 Å². The molecule has 0 spiro atoms. The summed E-state index contributed by atoms with van der Waals surface area (Å²) in [6, 6.07) is 1.05.